The van der Waals surface area contributed by atoms with Gasteiger partial charge in [-0.3, -0.25) is 9.59 Å². The van der Waals surface area contributed by atoms with Crippen molar-refractivity contribution in [2.45, 2.75) is 43.5 Å². The van der Waals surface area contributed by atoms with E-state index in [0.29, 0.717) is 19.5 Å². The van der Waals surface area contributed by atoms with E-state index in [2.05, 4.69) is 0 Å². The van der Waals surface area contributed by atoms with E-state index in [0.717, 1.165) is 19.3 Å². The summed E-state index contributed by atoms with van der Waals surface area (Å²) in [5.74, 6) is 0.0686. The highest BCUT2D eigenvalue weighted by Gasteiger charge is 2.40. The average molecular weight is 243 g/mol. The predicted octanol–water partition coefficient (Wildman–Crippen LogP) is 0.782. The Morgan fingerprint density at radius 2 is 2.31 bits per heavy atom. The standard InChI is InChI=1S/C11H17NO3S/c1-8(13)16-9-5-10(14)12(6-9)7-11(15)3-2-4-11/h9,15H,2-7H2,1H3. The second-order valence-corrected chi connectivity index (χ2v) is 6.27. The molecule has 2 fully saturated rings. The Labute approximate surface area is 99.4 Å². The summed E-state index contributed by atoms with van der Waals surface area (Å²) in [7, 11) is 0. The molecule has 1 aliphatic carbocycles. The first-order valence-electron chi connectivity index (χ1n) is 5.66. The van der Waals surface area contributed by atoms with Gasteiger partial charge in [0.1, 0.15) is 0 Å². The zero-order chi connectivity index (χ0) is 11.8. The van der Waals surface area contributed by atoms with E-state index in [1.54, 1.807) is 4.90 Å². The summed E-state index contributed by atoms with van der Waals surface area (Å²) in [6.07, 6.45) is 3.06. The van der Waals surface area contributed by atoms with Crippen LogP contribution in [0.5, 0.6) is 0 Å². The Hall–Kier alpha value is -0.550. The van der Waals surface area contributed by atoms with E-state index in [1.807, 2.05) is 0 Å². The molecule has 0 bridgehead atoms. The van der Waals surface area contributed by atoms with E-state index >= 15 is 0 Å². The Balaban J connectivity index is 1.87. The molecule has 2 aliphatic rings. The molecule has 5 heteroatoms. The van der Waals surface area contributed by atoms with Gasteiger partial charge in [0.25, 0.3) is 0 Å². The predicted molar refractivity (Wildman–Crippen MR) is 62.1 cm³/mol. The fourth-order valence-corrected chi connectivity index (χ4v) is 3.25. The third kappa shape index (κ3) is 2.58. The van der Waals surface area contributed by atoms with Gasteiger partial charge in [-0.05, 0) is 19.3 Å². The Morgan fingerprint density at radius 3 is 2.81 bits per heavy atom. The topological polar surface area (TPSA) is 57.6 Å². The summed E-state index contributed by atoms with van der Waals surface area (Å²) in [4.78, 5) is 24.3. The number of hydrogen-bond donors (Lipinski definition) is 1. The second kappa shape index (κ2) is 4.37. The molecule has 0 aromatic rings. The van der Waals surface area contributed by atoms with Crippen LogP contribution in [0.25, 0.3) is 0 Å². The van der Waals surface area contributed by atoms with Crippen LogP contribution in [0.4, 0.5) is 0 Å². The number of carbonyl (C=O) groups is 2. The van der Waals surface area contributed by atoms with Gasteiger partial charge in [-0.15, -0.1) is 0 Å². The highest BCUT2D eigenvalue weighted by atomic mass is 32.2. The molecule has 0 aromatic heterocycles. The summed E-state index contributed by atoms with van der Waals surface area (Å²) in [5, 5.41) is 10.1. The maximum Gasteiger partial charge on any atom is 0.223 e. The second-order valence-electron chi connectivity index (χ2n) is 4.79. The lowest BCUT2D eigenvalue weighted by Gasteiger charge is -2.39. The van der Waals surface area contributed by atoms with Crippen LogP contribution in [0.1, 0.15) is 32.6 Å². The number of amides is 1. The highest BCUT2D eigenvalue weighted by Crippen LogP contribution is 2.34. The van der Waals surface area contributed by atoms with Gasteiger partial charge < -0.3 is 10.0 Å². The van der Waals surface area contributed by atoms with Gasteiger partial charge in [0.2, 0.25) is 5.91 Å². The third-order valence-electron chi connectivity index (χ3n) is 3.28. The van der Waals surface area contributed by atoms with Crippen LogP contribution in [0.15, 0.2) is 0 Å². The van der Waals surface area contributed by atoms with E-state index in [9.17, 15) is 14.7 Å². The highest BCUT2D eigenvalue weighted by molar-refractivity contribution is 8.14. The summed E-state index contributed by atoms with van der Waals surface area (Å²) >= 11 is 1.24. The summed E-state index contributed by atoms with van der Waals surface area (Å²) in [5.41, 5.74) is -0.647. The summed E-state index contributed by atoms with van der Waals surface area (Å²) < 4.78 is 0. The molecule has 0 aromatic carbocycles. The number of thioether (sulfide) groups is 1. The minimum Gasteiger partial charge on any atom is -0.388 e. The van der Waals surface area contributed by atoms with E-state index < -0.39 is 5.60 Å². The molecule has 1 aliphatic heterocycles. The molecule has 1 N–H and O–H groups in total. The number of aliphatic hydroxyl groups is 1. The Bertz CT molecular complexity index is 314. The minimum absolute atomic E-state index is 0.0574. The third-order valence-corrected chi connectivity index (χ3v) is 4.26. The van der Waals surface area contributed by atoms with E-state index in [-0.39, 0.29) is 16.3 Å². The number of likely N-dealkylation sites (tertiary alicyclic amines) is 1. The molecule has 4 nitrogen and oxygen atoms in total. The van der Waals surface area contributed by atoms with Crippen molar-refractivity contribution in [1.82, 2.24) is 4.90 Å². The van der Waals surface area contributed by atoms with Crippen molar-refractivity contribution in [2.24, 2.45) is 0 Å². The Kier molecular flexibility index (Phi) is 3.26. The number of hydrogen-bond acceptors (Lipinski definition) is 4. The first-order chi connectivity index (χ1) is 7.48. The zero-order valence-electron chi connectivity index (χ0n) is 9.44. The molecule has 1 heterocycles. The van der Waals surface area contributed by atoms with E-state index in [4.69, 9.17) is 0 Å². The molecule has 1 saturated heterocycles. The quantitative estimate of drug-likeness (QED) is 0.796. The number of β-amino-alcohol motifs (C(OH)–C–C–N with tert-alkyl or cyclic N) is 1. The van der Waals surface area contributed by atoms with Crippen molar-refractivity contribution in [3.05, 3.63) is 0 Å². The van der Waals surface area contributed by atoms with Crippen LogP contribution < -0.4 is 0 Å². The van der Waals surface area contributed by atoms with Crippen molar-refractivity contribution < 1.29 is 14.7 Å². The molecule has 16 heavy (non-hydrogen) atoms. The Morgan fingerprint density at radius 1 is 1.62 bits per heavy atom. The van der Waals surface area contributed by atoms with Crippen LogP contribution in [0.2, 0.25) is 0 Å². The number of carbonyl (C=O) groups excluding carboxylic acids is 2. The SMILES string of the molecule is CC(=O)SC1CC(=O)N(CC2(O)CCC2)C1. The molecule has 1 saturated carbocycles. The summed E-state index contributed by atoms with van der Waals surface area (Å²) in [6.45, 7) is 2.57. The largest absolute Gasteiger partial charge is 0.388 e. The maximum absolute atomic E-state index is 11.7. The zero-order valence-corrected chi connectivity index (χ0v) is 10.3. The molecule has 2 rings (SSSR count). The first kappa shape index (κ1) is 11.9. The molecular formula is C11H17NO3S. The average Bonchev–Trinajstić information content (AvgIpc) is 2.43. The van der Waals surface area contributed by atoms with Crippen molar-refractivity contribution in [3.8, 4) is 0 Å². The van der Waals surface area contributed by atoms with Crippen molar-refractivity contribution >= 4 is 22.8 Å². The van der Waals surface area contributed by atoms with E-state index in [1.165, 1.54) is 18.7 Å². The number of rotatable bonds is 3. The van der Waals surface area contributed by atoms with Gasteiger partial charge in [0, 0.05) is 31.7 Å². The molecule has 0 radical (unpaired) electrons. The molecule has 1 atom stereocenters. The van der Waals surface area contributed by atoms with Crippen molar-refractivity contribution in [3.63, 3.8) is 0 Å². The van der Waals surface area contributed by atoms with Crippen LogP contribution in [-0.4, -0.2) is 45.0 Å². The monoisotopic (exact) mass is 243 g/mol. The van der Waals surface area contributed by atoms with Crippen LogP contribution in [-0.2, 0) is 9.59 Å². The molecule has 1 unspecified atom stereocenters. The smallest absolute Gasteiger partial charge is 0.223 e. The lowest BCUT2D eigenvalue weighted by molar-refractivity contribution is -0.133. The van der Waals surface area contributed by atoms with Crippen molar-refractivity contribution in [2.75, 3.05) is 13.1 Å². The molecule has 90 valence electrons. The van der Waals surface area contributed by atoms with Crippen molar-refractivity contribution in [1.29, 1.82) is 0 Å². The lowest BCUT2D eigenvalue weighted by atomic mass is 9.80. The molecule has 0 spiro atoms. The van der Waals surface area contributed by atoms with Gasteiger partial charge in [-0.25, -0.2) is 0 Å². The molecular weight excluding hydrogens is 226 g/mol. The number of nitrogens with zero attached hydrogens (tertiary/aromatic N) is 1. The lowest BCUT2D eigenvalue weighted by Crippen LogP contribution is -2.48. The van der Waals surface area contributed by atoms with Crippen LogP contribution in [0.3, 0.4) is 0 Å². The van der Waals surface area contributed by atoms with Crippen LogP contribution >= 0.6 is 11.8 Å². The van der Waals surface area contributed by atoms with Gasteiger partial charge in [0.15, 0.2) is 5.12 Å². The fourth-order valence-electron chi connectivity index (χ4n) is 2.30. The first-order valence-corrected chi connectivity index (χ1v) is 6.54. The fraction of sp³-hybridized carbons (Fsp3) is 0.818. The van der Waals surface area contributed by atoms with Gasteiger partial charge in [-0.1, -0.05) is 11.8 Å². The van der Waals surface area contributed by atoms with Crippen LogP contribution in [0, 0.1) is 0 Å². The minimum atomic E-state index is -0.647. The molecule has 1 amide bonds. The van der Waals surface area contributed by atoms with Gasteiger partial charge in [0.05, 0.1) is 5.60 Å². The van der Waals surface area contributed by atoms with Gasteiger partial charge >= 0.3 is 0 Å². The maximum atomic E-state index is 11.7. The normalized spacial score (nSPS) is 28.0. The van der Waals surface area contributed by atoms with Gasteiger partial charge in [-0.2, -0.15) is 0 Å². The summed E-state index contributed by atoms with van der Waals surface area (Å²) in [6, 6.07) is 0.